The molecule has 2 N–H and O–H groups in total. The number of aromatic nitrogens is 2. The minimum Gasteiger partial charge on any atom is -0.449 e. The molecule has 1 atom stereocenters. The maximum Gasteiger partial charge on any atom is 0.338 e. The van der Waals surface area contributed by atoms with Crippen molar-refractivity contribution in [2.45, 2.75) is 20.0 Å². The molecule has 1 unspecified atom stereocenters. The zero-order valence-corrected chi connectivity index (χ0v) is 17.0. The summed E-state index contributed by atoms with van der Waals surface area (Å²) in [5.74, 6) is -1.22. The highest BCUT2D eigenvalue weighted by molar-refractivity contribution is 6.35. The number of nitrogens with zero attached hydrogens (tertiary/aromatic N) is 1. The van der Waals surface area contributed by atoms with Crippen molar-refractivity contribution in [2.24, 2.45) is 0 Å². The summed E-state index contributed by atoms with van der Waals surface area (Å²) in [6.45, 7) is 3.23. The Hall–Kier alpha value is -3.03. The zero-order chi connectivity index (χ0) is 21.1. The van der Waals surface area contributed by atoms with Crippen LogP contribution in [0, 0.1) is 6.92 Å². The summed E-state index contributed by atoms with van der Waals surface area (Å²) in [5, 5.41) is 3.29. The molecule has 150 valence electrons. The number of aromatic amines is 1. The lowest BCUT2D eigenvalue weighted by atomic mass is 10.2. The summed E-state index contributed by atoms with van der Waals surface area (Å²) >= 11 is 11.9. The van der Waals surface area contributed by atoms with Crippen molar-refractivity contribution in [3.05, 3.63) is 80.4 Å². The Morgan fingerprint density at radius 2 is 1.83 bits per heavy atom. The number of hydrogen-bond donors (Lipinski definition) is 2. The number of carbonyl (C=O) groups excluding carboxylic acids is 2. The van der Waals surface area contributed by atoms with Crippen molar-refractivity contribution in [2.75, 3.05) is 5.32 Å². The van der Waals surface area contributed by atoms with Gasteiger partial charge >= 0.3 is 11.7 Å². The van der Waals surface area contributed by atoms with E-state index in [1.54, 1.807) is 37.4 Å². The molecule has 0 radical (unpaired) electrons. The summed E-state index contributed by atoms with van der Waals surface area (Å²) in [5.41, 5.74) is 1.63. The predicted molar refractivity (Wildman–Crippen MR) is 111 cm³/mol. The number of nitrogens with one attached hydrogen (secondary N) is 2. The maximum absolute atomic E-state index is 12.3. The topological polar surface area (TPSA) is 93.2 Å². The first kappa shape index (κ1) is 20.7. The lowest BCUT2D eigenvalue weighted by Crippen LogP contribution is -2.30. The van der Waals surface area contributed by atoms with Crippen LogP contribution in [-0.2, 0) is 9.53 Å². The molecule has 0 bridgehead atoms. The van der Waals surface area contributed by atoms with Crippen LogP contribution in [0.15, 0.2) is 53.5 Å². The highest BCUT2D eigenvalue weighted by atomic mass is 35.5. The average molecular weight is 434 g/mol. The number of carbonyl (C=O) groups is 2. The molecule has 3 rings (SSSR count). The number of anilines is 1. The van der Waals surface area contributed by atoms with Gasteiger partial charge < -0.3 is 15.0 Å². The molecule has 0 fully saturated rings. The fraction of sp³-hybridized carbons (Fsp3) is 0.150. The average Bonchev–Trinajstić information content (AvgIpc) is 3.03. The van der Waals surface area contributed by atoms with Crippen molar-refractivity contribution < 1.29 is 14.3 Å². The summed E-state index contributed by atoms with van der Waals surface area (Å²) in [6, 6.07) is 10.9. The van der Waals surface area contributed by atoms with Crippen LogP contribution in [0.3, 0.4) is 0 Å². The number of imidazole rings is 1. The van der Waals surface area contributed by atoms with Crippen LogP contribution in [0.4, 0.5) is 5.69 Å². The largest absolute Gasteiger partial charge is 0.449 e. The normalized spacial score (nSPS) is 11.7. The molecule has 0 spiro atoms. The van der Waals surface area contributed by atoms with E-state index in [0.29, 0.717) is 21.4 Å². The number of rotatable bonds is 5. The van der Waals surface area contributed by atoms with E-state index in [1.807, 2.05) is 0 Å². The second-order valence-corrected chi connectivity index (χ2v) is 7.12. The fourth-order valence-corrected chi connectivity index (χ4v) is 2.97. The van der Waals surface area contributed by atoms with E-state index < -0.39 is 18.0 Å². The van der Waals surface area contributed by atoms with Crippen molar-refractivity contribution in [1.29, 1.82) is 0 Å². The van der Waals surface area contributed by atoms with Gasteiger partial charge in [-0.25, -0.2) is 9.59 Å². The highest BCUT2D eigenvalue weighted by Gasteiger charge is 2.20. The Bertz CT molecular complexity index is 1120. The summed E-state index contributed by atoms with van der Waals surface area (Å²) in [6.07, 6.45) is 0.531. The maximum atomic E-state index is 12.3. The molecule has 1 aromatic heterocycles. The van der Waals surface area contributed by atoms with Crippen LogP contribution in [0.2, 0.25) is 10.0 Å². The van der Waals surface area contributed by atoms with Crippen LogP contribution in [0.5, 0.6) is 0 Å². The fourth-order valence-electron chi connectivity index (χ4n) is 2.63. The molecule has 7 nitrogen and oxygen atoms in total. The van der Waals surface area contributed by atoms with E-state index in [-0.39, 0.29) is 11.3 Å². The monoisotopic (exact) mass is 433 g/mol. The second kappa shape index (κ2) is 8.55. The lowest BCUT2D eigenvalue weighted by Gasteiger charge is -2.14. The molecule has 29 heavy (non-hydrogen) atoms. The Labute approximate surface area is 176 Å². The van der Waals surface area contributed by atoms with E-state index in [1.165, 1.54) is 29.7 Å². The summed E-state index contributed by atoms with van der Waals surface area (Å²) < 4.78 is 6.69. The van der Waals surface area contributed by atoms with Gasteiger partial charge in [-0.1, -0.05) is 23.2 Å². The minimum absolute atomic E-state index is 0.246. The van der Waals surface area contributed by atoms with Crippen molar-refractivity contribution in [1.82, 2.24) is 9.55 Å². The van der Waals surface area contributed by atoms with E-state index in [4.69, 9.17) is 27.9 Å². The van der Waals surface area contributed by atoms with Crippen molar-refractivity contribution in [3.63, 3.8) is 0 Å². The van der Waals surface area contributed by atoms with E-state index >= 15 is 0 Å². The van der Waals surface area contributed by atoms with Gasteiger partial charge in [0, 0.05) is 16.9 Å². The van der Waals surface area contributed by atoms with Gasteiger partial charge in [0.25, 0.3) is 5.91 Å². The van der Waals surface area contributed by atoms with Gasteiger partial charge in [-0.05, 0) is 56.3 Å². The number of benzene rings is 2. The first-order valence-corrected chi connectivity index (χ1v) is 9.36. The molecule has 0 saturated carbocycles. The molecule has 9 heteroatoms. The lowest BCUT2D eigenvalue weighted by molar-refractivity contribution is -0.123. The van der Waals surface area contributed by atoms with Gasteiger partial charge in [-0.15, -0.1) is 0 Å². The molecular weight excluding hydrogens is 417 g/mol. The first-order valence-electron chi connectivity index (χ1n) is 8.60. The van der Waals surface area contributed by atoms with Crippen LogP contribution < -0.4 is 11.0 Å². The van der Waals surface area contributed by atoms with Crippen molar-refractivity contribution in [3.8, 4) is 5.69 Å². The predicted octanol–water partition coefficient (Wildman–Crippen LogP) is 3.96. The number of aryl methyl sites for hydroxylation is 1. The molecular formula is C20H17Cl2N3O4. The SMILES string of the molecule is Cc1c[nH]c(=O)n1-c1ccc(C(=O)OC(C)C(=O)Nc2cc(Cl)ccc2Cl)cc1. The van der Waals surface area contributed by atoms with E-state index in [9.17, 15) is 14.4 Å². The molecule has 1 heterocycles. The molecule has 2 aromatic carbocycles. The zero-order valence-electron chi connectivity index (χ0n) is 15.5. The molecule has 0 aliphatic heterocycles. The Morgan fingerprint density at radius 3 is 2.45 bits per heavy atom. The van der Waals surface area contributed by atoms with Gasteiger partial charge in [0.05, 0.1) is 22.0 Å². The van der Waals surface area contributed by atoms with Gasteiger partial charge in [-0.2, -0.15) is 0 Å². The highest BCUT2D eigenvalue weighted by Crippen LogP contribution is 2.25. The number of amides is 1. The Balaban J connectivity index is 1.67. The number of halogens is 2. The van der Waals surface area contributed by atoms with Gasteiger partial charge in [0.15, 0.2) is 6.10 Å². The Morgan fingerprint density at radius 1 is 1.14 bits per heavy atom. The third kappa shape index (κ3) is 4.70. The van der Waals surface area contributed by atoms with E-state index in [0.717, 1.165) is 5.69 Å². The molecule has 0 aliphatic carbocycles. The molecule has 0 saturated heterocycles. The standard InChI is InChI=1S/C20H17Cl2N3O4/c1-11-10-23-20(28)25(11)15-6-3-13(4-7-15)19(27)29-12(2)18(26)24-17-9-14(21)5-8-16(17)22/h3-10,12H,1-2H3,(H,23,28)(H,24,26). The van der Waals surface area contributed by atoms with Crippen LogP contribution >= 0.6 is 23.2 Å². The minimum atomic E-state index is -1.06. The smallest absolute Gasteiger partial charge is 0.338 e. The number of H-pyrrole nitrogens is 1. The number of esters is 1. The third-order valence-electron chi connectivity index (χ3n) is 4.16. The first-order chi connectivity index (χ1) is 13.8. The summed E-state index contributed by atoms with van der Waals surface area (Å²) in [7, 11) is 0. The van der Waals surface area contributed by atoms with Gasteiger partial charge in [0.1, 0.15) is 0 Å². The van der Waals surface area contributed by atoms with Crippen LogP contribution in [-0.4, -0.2) is 27.5 Å². The molecule has 3 aromatic rings. The summed E-state index contributed by atoms with van der Waals surface area (Å²) in [4.78, 5) is 39.1. The number of ether oxygens (including phenoxy) is 1. The van der Waals surface area contributed by atoms with E-state index in [2.05, 4.69) is 10.3 Å². The van der Waals surface area contributed by atoms with Gasteiger partial charge in [0.2, 0.25) is 0 Å². The van der Waals surface area contributed by atoms with Gasteiger partial charge in [-0.3, -0.25) is 9.36 Å². The second-order valence-electron chi connectivity index (χ2n) is 6.28. The third-order valence-corrected chi connectivity index (χ3v) is 4.73. The quantitative estimate of drug-likeness (QED) is 0.595. The van der Waals surface area contributed by atoms with Crippen LogP contribution in [0.1, 0.15) is 23.0 Å². The Kier molecular flexibility index (Phi) is 6.10. The number of hydrogen-bond acceptors (Lipinski definition) is 4. The van der Waals surface area contributed by atoms with Crippen molar-refractivity contribution >= 4 is 40.8 Å². The molecule has 1 amide bonds. The molecule has 0 aliphatic rings. The van der Waals surface area contributed by atoms with Crippen LogP contribution in [0.25, 0.3) is 5.69 Å².